The number of aromatic nitrogens is 4. The normalized spacial score (nSPS) is 12.7. The Morgan fingerprint density at radius 3 is 2.55 bits per heavy atom. The molecule has 2 aromatic heterocycles. The Kier molecular flexibility index (Phi) is 3.25. The molecule has 7 heteroatoms. The van der Waals surface area contributed by atoms with Gasteiger partial charge in [-0.15, -0.1) is 5.10 Å². The summed E-state index contributed by atoms with van der Waals surface area (Å²) in [5, 5.41) is 16.9. The molecule has 0 spiro atoms. The van der Waals surface area contributed by atoms with Crippen LogP contribution in [-0.4, -0.2) is 41.7 Å². The Balaban J connectivity index is 2.31. The molecule has 2 heterocycles. The van der Waals surface area contributed by atoms with E-state index in [0.29, 0.717) is 5.78 Å². The largest absolute Gasteiger partial charge is 0.388 e. The van der Waals surface area contributed by atoms with Crippen molar-refractivity contribution in [1.82, 2.24) is 24.9 Å². The first-order chi connectivity index (χ1) is 9.12. The lowest BCUT2D eigenvalue weighted by atomic mass is 9.86. The zero-order chi connectivity index (χ0) is 15.1. The lowest BCUT2D eigenvalue weighted by molar-refractivity contribution is -0.00312. The molecule has 2 N–H and O–H groups in total. The molecule has 0 aliphatic carbocycles. The van der Waals surface area contributed by atoms with Crippen LogP contribution < -0.4 is 5.32 Å². The van der Waals surface area contributed by atoms with Crippen LogP contribution in [0.1, 0.15) is 44.0 Å². The van der Waals surface area contributed by atoms with Crippen LogP contribution >= 0.6 is 0 Å². The van der Waals surface area contributed by atoms with Crippen molar-refractivity contribution in [2.45, 2.75) is 45.8 Å². The van der Waals surface area contributed by atoms with Gasteiger partial charge in [0.05, 0.1) is 11.1 Å². The highest BCUT2D eigenvalue weighted by Gasteiger charge is 2.37. The molecule has 0 atom stereocenters. The van der Waals surface area contributed by atoms with Crippen LogP contribution in [-0.2, 0) is 0 Å². The van der Waals surface area contributed by atoms with Crippen molar-refractivity contribution < 1.29 is 9.90 Å². The fourth-order valence-electron chi connectivity index (χ4n) is 1.50. The highest BCUT2D eigenvalue weighted by atomic mass is 16.3. The lowest BCUT2D eigenvalue weighted by Gasteiger charge is -2.37. The summed E-state index contributed by atoms with van der Waals surface area (Å²) in [6, 6.07) is 1.78. The first kappa shape index (κ1) is 14.4. The predicted molar refractivity (Wildman–Crippen MR) is 73.4 cm³/mol. The number of carbonyl (C=O) groups is 1. The average Bonchev–Trinajstić information content (AvgIpc) is 2.72. The molecule has 0 unspecified atom stereocenters. The summed E-state index contributed by atoms with van der Waals surface area (Å²) in [5.41, 5.74) is -1.05. The van der Waals surface area contributed by atoms with Crippen molar-refractivity contribution in [2.75, 3.05) is 0 Å². The molecule has 0 saturated heterocycles. The topological polar surface area (TPSA) is 92.4 Å². The maximum absolute atomic E-state index is 12.2. The van der Waals surface area contributed by atoms with Crippen LogP contribution in [0.2, 0.25) is 0 Å². The summed E-state index contributed by atoms with van der Waals surface area (Å²) in [5.74, 6) is -0.0395. The van der Waals surface area contributed by atoms with Gasteiger partial charge in [0, 0.05) is 11.9 Å². The summed E-state index contributed by atoms with van der Waals surface area (Å²) in [6.07, 6.45) is 1.61. The fraction of sp³-hybridized carbons (Fsp3) is 0.538. The number of amides is 1. The SMILES string of the molecule is Cc1ccnc2nc(C(=O)NC(C)(C)C(C)(C)O)nn12. The summed E-state index contributed by atoms with van der Waals surface area (Å²) in [6.45, 7) is 8.60. The Morgan fingerprint density at radius 2 is 2.00 bits per heavy atom. The van der Waals surface area contributed by atoms with Crippen LogP contribution in [0.3, 0.4) is 0 Å². The van der Waals surface area contributed by atoms with Gasteiger partial charge in [-0.2, -0.15) is 4.98 Å². The van der Waals surface area contributed by atoms with Crippen LogP contribution in [0.15, 0.2) is 12.3 Å². The Hall–Kier alpha value is -2.02. The van der Waals surface area contributed by atoms with Gasteiger partial charge >= 0.3 is 0 Å². The Labute approximate surface area is 117 Å². The van der Waals surface area contributed by atoms with E-state index in [-0.39, 0.29) is 5.82 Å². The molecule has 0 radical (unpaired) electrons. The quantitative estimate of drug-likeness (QED) is 0.862. The van der Waals surface area contributed by atoms with E-state index in [0.717, 1.165) is 5.69 Å². The second-order valence-electron chi connectivity index (χ2n) is 5.87. The molecule has 20 heavy (non-hydrogen) atoms. The molecule has 0 saturated carbocycles. The predicted octanol–water partition coefficient (Wildman–Crippen LogP) is 0.712. The van der Waals surface area contributed by atoms with Gasteiger partial charge < -0.3 is 10.4 Å². The lowest BCUT2D eigenvalue weighted by Crippen LogP contribution is -2.57. The van der Waals surface area contributed by atoms with E-state index in [2.05, 4.69) is 20.4 Å². The van der Waals surface area contributed by atoms with Gasteiger partial charge in [-0.05, 0) is 40.7 Å². The highest BCUT2D eigenvalue weighted by molar-refractivity contribution is 5.91. The third-order valence-corrected chi connectivity index (χ3v) is 3.59. The van der Waals surface area contributed by atoms with Crippen molar-refractivity contribution in [3.05, 3.63) is 23.8 Å². The Bertz CT molecular complexity index is 654. The molecular weight excluding hydrogens is 258 g/mol. The summed E-state index contributed by atoms with van der Waals surface area (Å²) >= 11 is 0. The average molecular weight is 277 g/mol. The van der Waals surface area contributed by atoms with Crippen LogP contribution in [0.5, 0.6) is 0 Å². The molecule has 1 amide bonds. The molecule has 0 fully saturated rings. The van der Waals surface area contributed by atoms with Crippen molar-refractivity contribution >= 4 is 11.7 Å². The summed E-state index contributed by atoms with van der Waals surface area (Å²) < 4.78 is 1.51. The molecule has 7 nitrogen and oxygen atoms in total. The molecule has 2 aromatic rings. The minimum atomic E-state index is -1.07. The maximum atomic E-state index is 12.2. The number of carbonyl (C=O) groups excluding carboxylic acids is 1. The van der Waals surface area contributed by atoms with E-state index in [1.807, 2.05) is 6.92 Å². The molecular formula is C13H19N5O2. The van der Waals surface area contributed by atoms with Gasteiger partial charge in [0.2, 0.25) is 5.82 Å². The number of hydrogen-bond acceptors (Lipinski definition) is 5. The van der Waals surface area contributed by atoms with Crippen molar-refractivity contribution in [3.63, 3.8) is 0 Å². The first-order valence-electron chi connectivity index (χ1n) is 6.35. The minimum Gasteiger partial charge on any atom is -0.388 e. The third-order valence-electron chi connectivity index (χ3n) is 3.59. The molecule has 0 bridgehead atoms. The number of fused-ring (bicyclic) bond motifs is 1. The number of aryl methyl sites for hydroxylation is 1. The van der Waals surface area contributed by atoms with E-state index in [9.17, 15) is 9.90 Å². The molecule has 0 aromatic carbocycles. The molecule has 0 aliphatic heterocycles. The zero-order valence-electron chi connectivity index (χ0n) is 12.3. The van der Waals surface area contributed by atoms with Crippen LogP contribution in [0.25, 0.3) is 5.78 Å². The fourth-order valence-corrected chi connectivity index (χ4v) is 1.50. The second-order valence-corrected chi connectivity index (χ2v) is 5.87. The van der Waals surface area contributed by atoms with Crippen LogP contribution in [0, 0.1) is 6.92 Å². The highest BCUT2D eigenvalue weighted by Crippen LogP contribution is 2.20. The Morgan fingerprint density at radius 1 is 1.35 bits per heavy atom. The zero-order valence-corrected chi connectivity index (χ0v) is 12.3. The van der Waals surface area contributed by atoms with E-state index in [1.165, 1.54) is 4.52 Å². The van der Waals surface area contributed by atoms with E-state index >= 15 is 0 Å². The second kappa shape index (κ2) is 4.52. The summed E-state index contributed by atoms with van der Waals surface area (Å²) in [4.78, 5) is 20.3. The van der Waals surface area contributed by atoms with Gasteiger partial charge in [-0.3, -0.25) is 4.79 Å². The van der Waals surface area contributed by atoms with Crippen molar-refractivity contribution in [2.24, 2.45) is 0 Å². The van der Waals surface area contributed by atoms with E-state index in [4.69, 9.17) is 0 Å². The number of nitrogens with one attached hydrogen (secondary N) is 1. The summed E-state index contributed by atoms with van der Waals surface area (Å²) in [7, 11) is 0. The standard InChI is InChI=1S/C13H19N5O2/c1-8-6-7-14-11-15-9(17-18(8)11)10(19)16-12(2,3)13(4,5)20/h6-7,20H,1-5H3,(H,16,19). The molecule has 0 aliphatic rings. The van der Waals surface area contributed by atoms with Gasteiger partial charge in [0.25, 0.3) is 11.7 Å². The van der Waals surface area contributed by atoms with E-state index < -0.39 is 17.0 Å². The van der Waals surface area contributed by atoms with Gasteiger partial charge in [0.15, 0.2) is 0 Å². The third kappa shape index (κ3) is 2.49. The van der Waals surface area contributed by atoms with Gasteiger partial charge in [0.1, 0.15) is 0 Å². The van der Waals surface area contributed by atoms with Crippen LogP contribution in [0.4, 0.5) is 0 Å². The molecule has 2 rings (SSSR count). The minimum absolute atomic E-state index is 0.0316. The van der Waals surface area contributed by atoms with Crippen molar-refractivity contribution in [1.29, 1.82) is 0 Å². The monoisotopic (exact) mass is 277 g/mol. The number of hydrogen-bond donors (Lipinski definition) is 2. The first-order valence-corrected chi connectivity index (χ1v) is 6.35. The van der Waals surface area contributed by atoms with Crippen molar-refractivity contribution in [3.8, 4) is 0 Å². The number of nitrogens with zero attached hydrogens (tertiary/aromatic N) is 4. The number of aliphatic hydroxyl groups is 1. The number of rotatable bonds is 3. The maximum Gasteiger partial charge on any atom is 0.291 e. The smallest absolute Gasteiger partial charge is 0.291 e. The molecule has 108 valence electrons. The van der Waals surface area contributed by atoms with Gasteiger partial charge in [-0.1, -0.05) is 0 Å². The van der Waals surface area contributed by atoms with E-state index in [1.54, 1.807) is 40.0 Å². The van der Waals surface area contributed by atoms with Gasteiger partial charge in [-0.25, -0.2) is 9.50 Å².